The van der Waals surface area contributed by atoms with Crippen LogP contribution < -0.4 is 5.84 Å². The Balaban J connectivity index is 3.48. The molecule has 0 spiro atoms. The third-order valence-electron chi connectivity index (χ3n) is 6.01. The Morgan fingerprint density at radius 2 is 0.966 bits per heavy atom. The third kappa shape index (κ3) is 21.0. The zero-order chi connectivity index (χ0) is 22.0. The smallest absolute Gasteiger partial charge is 0.390 e. The first-order valence-corrected chi connectivity index (χ1v) is 14.4. The van der Waals surface area contributed by atoms with Crippen LogP contribution in [0.1, 0.15) is 122 Å². The summed E-state index contributed by atoms with van der Waals surface area (Å²) in [7, 11) is -0.309. The molecule has 1 unspecified atom stereocenters. The zero-order valence-electron chi connectivity index (χ0n) is 19.9. The molecule has 29 heavy (non-hydrogen) atoms. The Morgan fingerprint density at radius 3 is 1.28 bits per heavy atom. The second-order valence-electron chi connectivity index (χ2n) is 9.77. The van der Waals surface area contributed by atoms with Crippen molar-refractivity contribution in [2.24, 2.45) is 5.84 Å². The molecule has 176 valence electrons. The van der Waals surface area contributed by atoms with Crippen molar-refractivity contribution >= 4 is 8.80 Å². The van der Waals surface area contributed by atoms with Gasteiger partial charge in [0.2, 0.25) is 0 Å². The van der Waals surface area contributed by atoms with Crippen LogP contribution in [0.25, 0.3) is 0 Å². The van der Waals surface area contributed by atoms with Crippen molar-refractivity contribution in [3.05, 3.63) is 0 Å². The Labute approximate surface area is 182 Å². The van der Waals surface area contributed by atoms with Crippen LogP contribution in [-0.4, -0.2) is 48.4 Å². The summed E-state index contributed by atoms with van der Waals surface area (Å²) in [6.45, 7) is 2.91. The molecule has 0 amide bonds. The summed E-state index contributed by atoms with van der Waals surface area (Å²) >= 11 is 0. The van der Waals surface area contributed by atoms with Crippen molar-refractivity contribution in [3.8, 4) is 0 Å². The van der Waals surface area contributed by atoms with E-state index >= 15 is 0 Å². The summed E-state index contributed by atoms with van der Waals surface area (Å²) in [5.74, 6) is 5.93. The molecule has 0 fully saturated rings. The predicted molar refractivity (Wildman–Crippen MR) is 126 cm³/mol. The minimum atomic E-state index is -4.06. The minimum Gasteiger partial charge on any atom is -0.390 e. The predicted octanol–water partition coefficient (Wildman–Crippen LogP) is 5.26. The van der Waals surface area contributed by atoms with Crippen molar-refractivity contribution in [2.75, 3.05) is 20.6 Å². The van der Waals surface area contributed by atoms with Crippen LogP contribution in [0, 0.1) is 0 Å². The van der Waals surface area contributed by atoms with Gasteiger partial charge in [-0.05, 0) is 6.42 Å². The summed E-state index contributed by atoms with van der Waals surface area (Å²) in [5.41, 5.74) is -0.393. The fourth-order valence-electron chi connectivity index (χ4n) is 3.96. The molecule has 0 aromatic heterocycles. The van der Waals surface area contributed by atoms with Gasteiger partial charge in [0, 0.05) is 12.0 Å². The van der Waals surface area contributed by atoms with E-state index in [0.717, 1.165) is 12.8 Å². The number of unbranched alkanes of at least 4 members (excludes halogenated alkanes) is 15. The average Bonchev–Trinajstić information content (AvgIpc) is 2.61. The Bertz CT molecular complexity index is 357. The second kappa shape index (κ2) is 17.7. The number of quaternary nitrogens is 1. The average molecular weight is 434 g/mol. The van der Waals surface area contributed by atoms with E-state index in [-0.39, 0.29) is 0 Å². The van der Waals surface area contributed by atoms with Crippen LogP contribution >= 0.6 is 0 Å². The highest BCUT2D eigenvalue weighted by Crippen LogP contribution is 2.27. The van der Waals surface area contributed by atoms with Crippen LogP contribution in [0.3, 0.4) is 0 Å². The number of hydrogen-bond acceptors (Lipinski definition) is 4. The monoisotopic (exact) mass is 433 g/mol. The summed E-state index contributed by atoms with van der Waals surface area (Å²) in [4.78, 5) is 29.1. The summed E-state index contributed by atoms with van der Waals surface area (Å²) in [6, 6.07) is 0. The van der Waals surface area contributed by atoms with Gasteiger partial charge in [-0.25, -0.2) is 0 Å². The molecule has 0 bridgehead atoms. The SMILES string of the molecule is CCCCCCCCCCCCCCCCCCC(CC[N+](C)(C)N)[Si](O)(O)O. The molecular weight excluding hydrogens is 380 g/mol. The van der Waals surface area contributed by atoms with Crippen LogP contribution in [0.4, 0.5) is 0 Å². The summed E-state index contributed by atoms with van der Waals surface area (Å²) < 4.78 is 0.292. The molecule has 6 heteroatoms. The van der Waals surface area contributed by atoms with Crippen LogP contribution in [0.15, 0.2) is 0 Å². The van der Waals surface area contributed by atoms with Crippen LogP contribution in [0.2, 0.25) is 5.54 Å². The minimum absolute atomic E-state index is 0.292. The van der Waals surface area contributed by atoms with E-state index in [0.29, 0.717) is 24.0 Å². The van der Waals surface area contributed by atoms with E-state index in [1.807, 2.05) is 14.1 Å². The van der Waals surface area contributed by atoms with Gasteiger partial charge >= 0.3 is 8.80 Å². The van der Waals surface area contributed by atoms with Gasteiger partial charge in [0.1, 0.15) is 0 Å². The topological polar surface area (TPSA) is 86.7 Å². The van der Waals surface area contributed by atoms with Crippen LogP contribution in [-0.2, 0) is 0 Å². The molecule has 0 rings (SSSR count). The van der Waals surface area contributed by atoms with Crippen molar-refractivity contribution in [2.45, 2.75) is 128 Å². The van der Waals surface area contributed by atoms with E-state index < -0.39 is 14.3 Å². The van der Waals surface area contributed by atoms with Crippen molar-refractivity contribution in [3.63, 3.8) is 0 Å². The highest BCUT2D eigenvalue weighted by atomic mass is 28.4. The fourth-order valence-corrected chi connectivity index (χ4v) is 5.07. The molecule has 5 nitrogen and oxygen atoms in total. The van der Waals surface area contributed by atoms with Gasteiger partial charge in [-0.1, -0.05) is 110 Å². The number of hydrogen-bond donors (Lipinski definition) is 4. The maximum Gasteiger partial charge on any atom is 0.496 e. The van der Waals surface area contributed by atoms with Gasteiger partial charge in [-0.3, -0.25) is 4.59 Å². The van der Waals surface area contributed by atoms with Gasteiger partial charge in [0.25, 0.3) is 0 Å². The molecule has 0 aromatic carbocycles. The summed E-state index contributed by atoms with van der Waals surface area (Å²) in [6.07, 6.45) is 22.5. The molecule has 0 saturated carbocycles. The van der Waals surface area contributed by atoms with E-state index in [4.69, 9.17) is 5.84 Å². The molecule has 0 radical (unpaired) electrons. The highest BCUT2D eigenvalue weighted by molar-refractivity contribution is 6.57. The lowest BCUT2D eigenvalue weighted by Crippen LogP contribution is -2.49. The maximum absolute atomic E-state index is 9.70. The lowest BCUT2D eigenvalue weighted by Gasteiger charge is -2.27. The van der Waals surface area contributed by atoms with E-state index in [2.05, 4.69) is 6.92 Å². The molecule has 0 aliphatic rings. The summed E-state index contributed by atoms with van der Waals surface area (Å²) in [5, 5.41) is 0. The first-order valence-electron chi connectivity index (χ1n) is 12.5. The molecule has 0 saturated heterocycles. The van der Waals surface area contributed by atoms with E-state index in [1.54, 1.807) is 0 Å². The quantitative estimate of drug-likeness (QED) is 0.0653. The lowest BCUT2D eigenvalue weighted by atomic mass is 10.0. The molecule has 5 N–H and O–H groups in total. The molecule has 0 aliphatic carbocycles. The van der Waals surface area contributed by atoms with Gasteiger partial charge in [-0.15, -0.1) is 0 Å². The molecule has 1 atom stereocenters. The van der Waals surface area contributed by atoms with Gasteiger partial charge in [-0.2, -0.15) is 5.84 Å². The second-order valence-corrected chi connectivity index (χ2v) is 12.0. The van der Waals surface area contributed by atoms with Gasteiger partial charge < -0.3 is 14.4 Å². The third-order valence-corrected chi connectivity index (χ3v) is 7.68. The van der Waals surface area contributed by atoms with E-state index in [1.165, 1.54) is 89.9 Å². The fraction of sp³-hybridized carbons (Fsp3) is 1.00. The molecule has 0 aliphatic heterocycles. The standard InChI is InChI=1S/C23H53N2O3Si/c1-4-5-6-7-8-9-10-11-12-13-14-15-16-17-18-19-20-23(29(26,27)28)21-22-25(2,3)24/h23,26-28H,4-22,24H2,1-3H3/q+1. The van der Waals surface area contributed by atoms with Crippen molar-refractivity contribution in [1.29, 1.82) is 0 Å². The maximum atomic E-state index is 9.70. The van der Waals surface area contributed by atoms with Crippen LogP contribution in [0.5, 0.6) is 0 Å². The van der Waals surface area contributed by atoms with Gasteiger partial charge in [0.05, 0.1) is 20.6 Å². The first kappa shape index (κ1) is 29.0. The Kier molecular flexibility index (Phi) is 17.7. The molecule has 0 heterocycles. The normalized spacial score (nSPS) is 13.8. The Morgan fingerprint density at radius 1 is 0.621 bits per heavy atom. The lowest BCUT2D eigenvalue weighted by molar-refractivity contribution is -0.902. The molecule has 0 aromatic rings. The van der Waals surface area contributed by atoms with Crippen molar-refractivity contribution < 1.29 is 19.0 Å². The zero-order valence-corrected chi connectivity index (χ0v) is 20.9. The largest absolute Gasteiger partial charge is 0.496 e. The van der Waals surface area contributed by atoms with Crippen molar-refractivity contribution in [1.82, 2.24) is 0 Å². The number of rotatable bonds is 21. The van der Waals surface area contributed by atoms with Gasteiger partial charge in [0.15, 0.2) is 0 Å². The first-order chi connectivity index (χ1) is 13.7. The molecular formula is C23H53N2O3Si+. The van der Waals surface area contributed by atoms with E-state index in [9.17, 15) is 14.4 Å². The number of nitrogens with zero attached hydrogens (tertiary/aromatic N) is 1. The highest BCUT2D eigenvalue weighted by Gasteiger charge is 2.39. The number of nitrogens with two attached hydrogens (primary N) is 1. The Hall–Kier alpha value is 0.0169.